The molecule has 0 aromatic heterocycles. The summed E-state index contributed by atoms with van der Waals surface area (Å²) in [5, 5.41) is 2.69. The fraction of sp³-hybridized carbons (Fsp3) is 0.235. The predicted molar refractivity (Wildman–Crippen MR) is 170 cm³/mol. The average Bonchev–Trinajstić information content (AvgIpc) is 3.06. The highest BCUT2D eigenvalue weighted by atomic mass is 32.2. The Balaban J connectivity index is 1.78. The highest BCUT2D eigenvalue weighted by molar-refractivity contribution is 7.92. The topological polar surface area (TPSA) is 105 Å². The molecule has 0 saturated heterocycles. The summed E-state index contributed by atoms with van der Waals surface area (Å²) in [7, 11) is -1.11. The van der Waals surface area contributed by atoms with Gasteiger partial charge in [0.25, 0.3) is 10.0 Å². The van der Waals surface area contributed by atoms with Crippen molar-refractivity contribution in [2.45, 2.75) is 30.8 Å². The molecule has 4 aromatic rings. The first kappa shape index (κ1) is 32.1. The van der Waals surface area contributed by atoms with Gasteiger partial charge in [-0.05, 0) is 66.6 Å². The molecule has 230 valence electrons. The Kier molecular flexibility index (Phi) is 11.0. The second-order valence-corrected chi connectivity index (χ2v) is 11.8. The van der Waals surface area contributed by atoms with E-state index in [1.807, 2.05) is 43.3 Å². The quantitative estimate of drug-likeness (QED) is 0.221. The zero-order valence-electron chi connectivity index (χ0n) is 25.1. The summed E-state index contributed by atoms with van der Waals surface area (Å²) in [6, 6.07) is 30.1. The maximum atomic E-state index is 14.4. The Morgan fingerprint density at radius 3 is 2.07 bits per heavy atom. The van der Waals surface area contributed by atoms with Crippen LogP contribution in [-0.4, -0.2) is 58.5 Å². The molecule has 2 amide bonds. The number of sulfonamides is 1. The molecule has 1 N–H and O–H groups in total. The van der Waals surface area contributed by atoms with E-state index in [0.717, 1.165) is 15.4 Å². The number of likely N-dealkylation sites (N-methyl/N-ethyl adjacent to an activating group) is 1. The van der Waals surface area contributed by atoms with Crippen LogP contribution in [0.25, 0.3) is 0 Å². The van der Waals surface area contributed by atoms with Crippen molar-refractivity contribution in [3.8, 4) is 11.5 Å². The molecular weight excluding hydrogens is 578 g/mol. The van der Waals surface area contributed by atoms with Gasteiger partial charge in [0, 0.05) is 20.0 Å². The van der Waals surface area contributed by atoms with Crippen molar-refractivity contribution in [2.75, 3.05) is 31.6 Å². The number of hydrogen-bond donors (Lipinski definition) is 1. The van der Waals surface area contributed by atoms with Crippen LogP contribution >= 0.6 is 0 Å². The molecular formula is C34H37N3O6S. The molecule has 10 heteroatoms. The molecule has 4 aromatic carbocycles. The standard InChI is InChI=1S/C34H37N3O6S/c1-4-43-29-20-18-28(19-21-29)37(44(40,41)31-16-9-6-10-17-31)25-33(38)36(24-27-14-11-15-30(22-27)42-3)32(34(39)35-2)23-26-12-7-5-8-13-26/h5-22,32H,4,23-25H2,1-3H3,(H,35,39)/t32-/m0/s1. The van der Waals surface area contributed by atoms with Crippen LogP contribution in [0.5, 0.6) is 11.5 Å². The first-order valence-electron chi connectivity index (χ1n) is 14.3. The van der Waals surface area contributed by atoms with Gasteiger partial charge in [0.2, 0.25) is 11.8 Å². The number of carbonyl (C=O) groups excluding carboxylic acids is 2. The van der Waals surface area contributed by atoms with Crippen LogP contribution < -0.4 is 19.1 Å². The van der Waals surface area contributed by atoms with Gasteiger partial charge in [-0.2, -0.15) is 0 Å². The van der Waals surface area contributed by atoms with Crippen molar-refractivity contribution in [3.63, 3.8) is 0 Å². The molecule has 44 heavy (non-hydrogen) atoms. The van der Waals surface area contributed by atoms with Crippen LogP contribution in [0.2, 0.25) is 0 Å². The lowest BCUT2D eigenvalue weighted by Crippen LogP contribution is -2.53. The smallest absolute Gasteiger partial charge is 0.264 e. The number of rotatable bonds is 14. The molecule has 0 aliphatic carbocycles. The van der Waals surface area contributed by atoms with E-state index in [-0.39, 0.29) is 29.5 Å². The zero-order valence-corrected chi connectivity index (χ0v) is 25.9. The number of nitrogens with zero attached hydrogens (tertiary/aromatic N) is 2. The normalized spacial score (nSPS) is 11.7. The Morgan fingerprint density at radius 1 is 0.818 bits per heavy atom. The fourth-order valence-electron chi connectivity index (χ4n) is 4.81. The number of carbonyl (C=O) groups is 2. The van der Waals surface area contributed by atoms with E-state index in [0.29, 0.717) is 18.1 Å². The van der Waals surface area contributed by atoms with Crippen LogP contribution in [-0.2, 0) is 32.6 Å². The number of nitrogens with one attached hydrogen (secondary N) is 1. The molecule has 0 saturated carbocycles. The van der Waals surface area contributed by atoms with Gasteiger partial charge in [0.05, 0.1) is 24.3 Å². The van der Waals surface area contributed by atoms with Gasteiger partial charge < -0.3 is 19.7 Å². The second kappa shape index (κ2) is 15.1. The molecule has 0 heterocycles. The predicted octanol–water partition coefficient (Wildman–Crippen LogP) is 4.68. The summed E-state index contributed by atoms with van der Waals surface area (Å²) in [5.74, 6) is 0.244. The number of amides is 2. The second-order valence-electron chi connectivity index (χ2n) is 9.94. The Morgan fingerprint density at radius 2 is 1.45 bits per heavy atom. The van der Waals surface area contributed by atoms with E-state index in [1.54, 1.807) is 67.8 Å². The summed E-state index contributed by atoms with van der Waals surface area (Å²) in [6.07, 6.45) is 0.227. The lowest BCUT2D eigenvalue weighted by molar-refractivity contribution is -0.139. The van der Waals surface area contributed by atoms with E-state index in [1.165, 1.54) is 24.1 Å². The van der Waals surface area contributed by atoms with Crippen LogP contribution in [0.1, 0.15) is 18.1 Å². The number of benzene rings is 4. The van der Waals surface area contributed by atoms with Gasteiger partial charge in [0.15, 0.2) is 0 Å². The number of ether oxygens (including phenoxy) is 2. The van der Waals surface area contributed by atoms with E-state index >= 15 is 0 Å². The minimum atomic E-state index is -4.18. The fourth-order valence-corrected chi connectivity index (χ4v) is 6.25. The maximum absolute atomic E-state index is 14.4. The van der Waals surface area contributed by atoms with Crippen LogP contribution in [0.3, 0.4) is 0 Å². The van der Waals surface area contributed by atoms with Gasteiger partial charge in [0.1, 0.15) is 24.1 Å². The Hall–Kier alpha value is -4.83. The third-order valence-electron chi connectivity index (χ3n) is 7.05. The van der Waals surface area contributed by atoms with Gasteiger partial charge in [-0.25, -0.2) is 8.42 Å². The molecule has 9 nitrogen and oxygen atoms in total. The Labute approximate surface area is 259 Å². The molecule has 1 atom stereocenters. The van der Waals surface area contributed by atoms with Crippen LogP contribution in [0, 0.1) is 0 Å². The van der Waals surface area contributed by atoms with Crippen LogP contribution in [0.4, 0.5) is 5.69 Å². The third kappa shape index (κ3) is 7.96. The number of anilines is 1. The summed E-state index contributed by atoms with van der Waals surface area (Å²) in [4.78, 5) is 29.2. The Bertz CT molecular complexity index is 1630. The number of methoxy groups -OCH3 is 1. The lowest BCUT2D eigenvalue weighted by atomic mass is 10.0. The molecule has 0 bridgehead atoms. The monoisotopic (exact) mass is 615 g/mol. The summed E-state index contributed by atoms with van der Waals surface area (Å²) in [6.45, 7) is 1.81. The zero-order chi connectivity index (χ0) is 31.5. The van der Waals surface area contributed by atoms with Gasteiger partial charge in [-0.1, -0.05) is 60.7 Å². The van der Waals surface area contributed by atoms with E-state index in [2.05, 4.69) is 5.32 Å². The third-order valence-corrected chi connectivity index (χ3v) is 8.84. The minimum Gasteiger partial charge on any atom is -0.497 e. The van der Waals surface area contributed by atoms with Gasteiger partial charge in [-0.3, -0.25) is 13.9 Å². The average molecular weight is 616 g/mol. The molecule has 4 rings (SSSR count). The van der Waals surface area contributed by atoms with Crippen molar-refractivity contribution >= 4 is 27.5 Å². The SMILES string of the molecule is CCOc1ccc(N(CC(=O)N(Cc2cccc(OC)c2)[C@@H](Cc2ccccc2)C(=O)NC)S(=O)(=O)c2ccccc2)cc1. The molecule has 0 radical (unpaired) electrons. The minimum absolute atomic E-state index is 0.0353. The van der Waals surface area contributed by atoms with Crippen molar-refractivity contribution in [1.82, 2.24) is 10.2 Å². The lowest BCUT2D eigenvalue weighted by Gasteiger charge is -2.33. The van der Waals surface area contributed by atoms with Crippen molar-refractivity contribution in [1.29, 1.82) is 0 Å². The first-order valence-corrected chi connectivity index (χ1v) is 15.7. The largest absolute Gasteiger partial charge is 0.497 e. The van der Waals surface area contributed by atoms with Crippen molar-refractivity contribution in [3.05, 3.63) is 120 Å². The highest BCUT2D eigenvalue weighted by Gasteiger charge is 2.34. The van der Waals surface area contributed by atoms with Gasteiger partial charge >= 0.3 is 0 Å². The summed E-state index contributed by atoms with van der Waals surface area (Å²) < 4.78 is 40.0. The summed E-state index contributed by atoms with van der Waals surface area (Å²) >= 11 is 0. The first-order chi connectivity index (χ1) is 21.3. The summed E-state index contributed by atoms with van der Waals surface area (Å²) in [5.41, 5.74) is 1.86. The molecule has 0 spiro atoms. The van der Waals surface area contributed by atoms with E-state index < -0.39 is 28.5 Å². The highest BCUT2D eigenvalue weighted by Crippen LogP contribution is 2.27. The molecule has 0 fully saturated rings. The molecule has 0 aliphatic heterocycles. The van der Waals surface area contributed by atoms with Crippen LogP contribution in [0.15, 0.2) is 114 Å². The van der Waals surface area contributed by atoms with Crippen molar-refractivity contribution in [2.24, 2.45) is 0 Å². The molecule has 0 aliphatic rings. The van der Waals surface area contributed by atoms with Crippen molar-refractivity contribution < 1.29 is 27.5 Å². The van der Waals surface area contributed by atoms with Gasteiger partial charge in [-0.15, -0.1) is 0 Å². The molecule has 0 unspecified atom stereocenters. The number of hydrogen-bond acceptors (Lipinski definition) is 6. The van der Waals surface area contributed by atoms with E-state index in [9.17, 15) is 18.0 Å². The van der Waals surface area contributed by atoms with E-state index in [4.69, 9.17) is 9.47 Å². The maximum Gasteiger partial charge on any atom is 0.264 e.